The van der Waals surface area contributed by atoms with Crippen molar-refractivity contribution >= 4 is 11.9 Å². The average molecular weight is 266 g/mol. The zero-order valence-electron chi connectivity index (χ0n) is 10.9. The normalized spacial score (nSPS) is 23.0. The van der Waals surface area contributed by atoms with Gasteiger partial charge >= 0.3 is 5.97 Å². The van der Waals surface area contributed by atoms with Crippen molar-refractivity contribution in [3.63, 3.8) is 0 Å². The first-order valence-electron chi connectivity index (χ1n) is 6.40. The third kappa shape index (κ3) is 3.30. The highest BCUT2D eigenvalue weighted by Gasteiger charge is 2.32. The first kappa shape index (κ1) is 13.5. The number of rotatable bonds is 4. The predicted molar refractivity (Wildman–Crippen MR) is 65.9 cm³/mol. The Kier molecular flexibility index (Phi) is 4.13. The second kappa shape index (κ2) is 5.81. The number of nitrogens with zero attached hydrogens (tertiary/aromatic N) is 3. The Labute approximate surface area is 111 Å². The van der Waals surface area contributed by atoms with Crippen LogP contribution >= 0.6 is 0 Å². The van der Waals surface area contributed by atoms with E-state index in [0.717, 1.165) is 12.8 Å². The molecule has 1 heterocycles. The van der Waals surface area contributed by atoms with E-state index in [4.69, 9.17) is 5.11 Å². The van der Waals surface area contributed by atoms with Crippen LogP contribution in [0.5, 0.6) is 0 Å². The number of carboxylic acids is 1. The minimum atomic E-state index is -0.796. The summed E-state index contributed by atoms with van der Waals surface area (Å²) < 4.78 is 0. The Hall–Kier alpha value is -1.92. The van der Waals surface area contributed by atoms with E-state index in [0.29, 0.717) is 25.2 Å². The Bertz CT molecular complexity index is 446. The smallest absolute Gasteiger partial charge is 0.306 e. The number of hydrogen-bond donors (Lipinski definition) is 2. The summed E-state index contributed by atoms with van der Waals surface area (Å²) in [6.07, 6.45) is 4.07. The highest BCUT2D eigenvalue weighted by molar-refractivity contribution is 5.80. The lowest BCUT2D eigenvalue weighted by atomic mass is 9.81. The van der Waals surface area contributed by atoms with Crippen molar-refractivity contribution in [2.24, 2.45) is 11.8 Å². The molecule has 2 rings (SSSR count). The molecular formula is C12H18N4O3. The van der Waals surface area contributed by atoms with Gasteiger partial charge in [0.2, 0.25) is 5.91 Å². The van der Waals surface area contributed by atoms with Crippen molar-refractivity contribution in [2.75, 3.05) is 7.05 Å². The van der Waals surface area contributed by atoms with Gasteiger partial charge in [-0.05, 0) is 19.3 Å². The van der Waals surface area contributed by atoms with Crippen LogP contribution < -0.4 is 0 Å². The predicted octanol–water partition coefficient (Wildman–Crippen LogP) is 0.654. The molecule has 104 valence electrons. The van der Waals surface area contributed by atoms with Crippen molar-refractivity contribution in [3.05, 3.63) is 12.2 Å². The number of carbonyl (C=O) groups excluding carboxylic acids is 1. The molecule has 2 N–H and O–H groups in total. The van der Waals surface area contributed by atoms with Crippen LogP contribution in [0.15, 0.2) is 6.33 Å². The minimum Gasteiger partial charge on any atom is -0.481 e. The summed E-state index contributed by atoms with van der Waals surface area (Å²) in [7, 11) is 1.70. The summed E-state index contributed by atoms with van der Waals surface area (Å²) in [6.45, 7) is 0.368. The quantitative estimate of drug-likeness (QED) is 0.833. The monoisotopic (exact) mass is 266 g/mol. The van der Waals surface area contributed by atoms with Crippen molar-refractivity contribution in [3.8, 4) is 0 Å². The molecule has 0 saturated heterocycles. The standard InChI is InChI=1S/C12H18N4O3/c1-16(6-10-13-7-14-15-10)11(17)8-3-2-4-9(5-8)12(18)19/h7-9H,2-6H2,1H3,(H,18,19)(H,13,14,15). The van der Waals surface area contributed by atoms with Gasteiger partial charge in [-0.25, -0.2) is 4.98 Å². The van der Waals surface area contributed by atoms with Crippen molar-refractivity contribution in [2.45, 2.75) is 32.2 Å². The molecule has 2 atom stereocenters. The van der Waals surface area contributed by atoms with E-state index in [9.17, 15) is 9.59 Å². The molecular weight excluding hydrogens is 248 g/mol. The summed E-state index contributed by atoms with van der Waals surface area (Å²) in [5, 5.41) is 15.5. The molecule has 1 fully saturated rings. The highest BCUT2D eigenvalue weighted by atomic mass is 16.4. The minimum absolute atomic E-state index is 0.0117. The number of H-pyrrole nitrogens is 1. The zero-order chi connectivity index (χ0) is 13.8. The molecule has 1 saturated carbocycles. The van der Waals surface area contributed by atoms with Gasteiger partial charge in [-0.2, -0.15) is 5.10 Å². The molecule has 2 unspecified atom stereocenters. The molecule has 0 radical (unpaired) electrons. The van der Waals surface area contributed by atoms with Crippen molar-refractivity contribution in [1.29, 1.82) is 0 Å². The number of hydrogen-bond acceptors (Lipinski definition) is 4. The maximum atomic E-state index is 12.3. The molecule has 1 aromatic heterocycles. The first-order valence-corrected chi connectivity index (χ1v) is 6.40. The van der Waals surface area contributed by atoms with Gasteiger partial charge in [0.1, 0.15) is 12.2 Å². The average Bonchev–Trinajstić information content (AvgIpc) is 2.90. The Morgan fingerprint density at radius 3 is 2.84 bits per heavy atom. The number of amides is 1. The van der Waals surface area contributed by atoms with Crippen LogP contribution in [-0.2, 0) is 16.1 Å². The summed E-state index contributed by atoms with van der Waals surface area (Å²) in [5.74, 6) is -0.761. The summed E-state index contributed by atoms with van der Waals surface area (Å²) in [4.78, 5) is 28.8. The maximum Gasteiger partial charge on any atom is 0.306 e. The van der Waals surface area contributed by atoms with E-state index < -0.39 is 5.97 Å². The van der Waals surface area contributed by atoms with Crippen molar-refractivity contribution in [1.82, 2.24) is 20.1 Å². The van der Waals surface area contributed by atoms with E-state index >= 15 is 0 Å². The number of carboxylic acid groups (broad SMARTS) is 1. The molecule has 1 aliphatic rings. The van der Waals surface area contributed by atoms with E-state index in [1.54, 1.807) is 11.9 Å². The zero-order valence-corrected chi connectivity index (χ0v) is 10.9. The fourth-order valence-corrected chi connectivity index (χ4v) is 2.56. The topological polar surface area (TPSA) is 99.2 Å². The fourth-order valence-electron chi connectivity index (χ4n) is 2.56. The van der Waals surface area contributed by atoms with Crippen LogP contribution in [0.4, 0.5) is 0 Å². The highest BCUT2D eigenvalue weighted by Crippen LogP contribution is 2.30. The molecule has 7 heteroatoms. The van der Waals surface area contributed by atoms with Crippen LogP contribution in [-0.4, -0.2) is 44.1 Å². The van der Waals surface area contributed by atoms with Gasteiger partial charge in [0.15, 0.2) is 0 Å². The molecule has 1 aliphatic carbocycles. The van der Waals surface area contributed by atoms with E-state index in [1.807, 2.05) is 0 Å². The molecule has 7 nitrogen and oxygen atoms in total. The Morgan fingerprint density at radius 2 is 2.21 bits per heavy atom. The first-order chi connectivity index (χ1) is 9.08. The van der Waals surface area contributed by atoms with Crippen LogP contribution in [0, 0.1) is 11.8 Å². The van der Waals surface area contributed by atoms with Gasteiger partial charge in [0, 0.05) is 13.0 Å². The third-order valence-electron chi connectivity index (χ3n) is 3.60. The second-order valence-electron chi connectivity index (χ2n) is 5.03. The van der Waals surface area contributed by atoms with Gasteiger partial charge in [0.05, 0.1) is 12.5 Å². The molecule has 0 aromatic carbocycles. The summed E-state index contributed by atoms with van der Waals surface area (Å²) in [6, 6.07) is 0. The van der Waals surface area contributed by atoms with Gasteiger partial charge < -0.3 is 10.0 Å². The lowest BCUT2D eigenvalue weighted by Gasteiger charge is -2.29. The van der Waals surface area contributed by atoms with E-state index in [-0.39, 0.29) is 17.7 Å². The molecule has 0 spiro atoms. The number of nitrogens with one attached hydrogen (secondary N) is 1. The lowest BCUT2D eigenvalue weighted by Crippen LogP contribution is -2.36. The van der Waals surface area contributed by atoms with Crippen LogP contribution in [0.25, 0.3) is 0 Å². The van der Waals surface area contributed by atoms with E-state index in [2.05, 4.69) is 15.2 Å². The fraction of sp³-hybridized carbons (Fsp3) is 0.667. The second-order valence-corrected chi connectivity index (χ2v) is 5.03. The maximum absolute atomic E-state index is 12.3. The molecule has 0 aliphatic heterocycles. The SMILES string of the molecule is CN(Cc1ncn[nH]1)C(=O)C1CCCC(C(=O)O)C1. The Balaban J connectivity index is 1.93. The van der Waals surface area contributed by atoms with Gasteiger partial charge in [0.25, 0.3) is 0 Å². The summed E-state index contributed by atoms with van der Waals surface area (Å²) in [5.41, 5.74) is 0. The largest absolute Gasteiger partial charge is 0.481 e. The van der Waals surface area contributed by atoms with Crippen LogP contribution in [0.2, 0.25) is 0 Å². The third-order valence-corrected chi connectivity index (χ3v) is 3.60. The van der Waals surface area contributed by atoms with Gasteiger partial charge in [-0.1, -0.05) is 6.42 Å². The number of aromatic nitrogens is 3. The lowest BCUT2D eigenvalue weighted by molar-refractivity contribution is -0.145. The Morgan fingerprint density at radius 1 is 1.47 bits per heavy atom. The number of carbonyl (C=O) groups is 2. The van der Waals surface area contributed by atoms with Crippen molar-refractivity contribution < 1.29 is 14.7 Å². The van der Waals surface area contributed by atoms with Crippen LogP contribution in [0.3, 0.4) is 0 Å². The number of aliphatic carboxylic acids is 1. The molecule has 1 amide bonds. The van der Waals surface area contributed by atoms with Gasteiger partial charge in [-0.15, -0.1) is 0 Å². The molecule has 1 aromatic rings. The summed E-state index contributed by atoms with van der Waals surface area (Å²) >= 11 is 0. The number of aromatic amines is 1. The molecule has 19 heavy (non-hydrogen) atoms. The van der Waals surface area contributed by atoms with Gasteiger partial charge in [-0.3, -0.25) is 14.7 Å². The van der Waals surface area contributed by atoms with Crippen LogP contribution in [0.1, 0.15) is 31.5 Å². The molecule has 0 bridgehead atoms. The van der Waals surface area contributed by atoms with E-state index in [1.165, 1.54) is 6.33 Å².